The summed E-state index contributed by atoms with van der Waals surface area (Å²) in [6.45, 7) is 1.92. The maximum Gasteiger partial charge on any atom is 0.300 e. The Bertz CT molecular complexity index is 1280. The third-order valence-corrected chi connectivity index (χ3v) is 5.67. The lowest BCUT2D eigenvalue weighted by Crippen LogP contribution is -2.30. The Hall–Kier alpha value is -4.26. The monoisotopic (exact) mass is 429 g/mol. The van der Waals surface area contributed by atoms with Crippen molar-refractivity contribution in [3.63, 3.8) is 0 Å². The van der Waals surface area contributed by atoms with Gasteiger partial charge in [0, 0.05) is 11.3 Å². The van der Waals surface area contributed by atoms with E-state index in [1.54, 1.807) is 42.5 Å². The summed E-state index contributed by atoms with van der Waals surface area (Å²) in [5.74, 6) is -0.797. The fourth-order valence-corrected chi connectivity index (χ4v) is 4.09. The summed E-state index contributed by atoms with van der Waals surface area (Å²) in [7, 11) is 0. The molecule has 2 aliphatic heterocycles. The van der Waals surface area contributed by atoms with Crippen molar-refractivity contribution in [1.82, 2.24) is 0 Å². The second-order valence-electron chi connectivity index (χ2n) is 7.62. The zero-order valence-electron chi connectivity index (χ0n) is 17.1. The number of rotatable bonds is 3. The molecule has 2 N–H and O–H groups in total. The molecule has 2 heterocycles. The van der Waals surface area contributed by atoms with E-state index in [9.17, 15) is 19.8 Å². The summed E-state index contributed by atoms with van der Waals surface area (Å²) >= 11 is 0. The molecule has 1 fully saturated rings. The highest BCUT2D eigenvalue weighted by atomic mass is 16.7. The van der Waals surface area contributed by atoms with Gasteiger partial charge in [0.25, 0.3) is 11.7 Å². The Morgan fingerprint density at radius 2 is 1.69 bits per heavy atom. The quantitative estimate of drug-likeness (QED) is 0.370. The molecule has 2 aliphatic rings. The number of aliphatic hydroxyl groups excluding tert-OH is 1. The zero-order chi connectivity index (χ0) is 22.4. The average Bonchev–Trinajstić information content (AvgIpc) is 3.37. The van der Waals surface area contributed by atoms with Gasteiger partial charge in [-0.05, 0) is 54.4 Å². The Balaban J connectivity index is 1.72. The van der Waals surface area contributed by atoms with Crippen LogP contribution in [0.5, 0.6) is 17.2 Å². The van der Waals surface area contributed by atoms with Crippen LogP contribution in [0.2, 0.25) is 0 Å². The van der Waals surface area contributed by atoms with Crippen LogP contribution in [0, 0.1) is 6.92 Å². The highest BCUT2D eigenvalue weighted by molar-refractivity contribution is 6.51. The van der Waals surface area contributed by atoms with Gasteiger partial charge in [0.15, 0.2) is 11.5 Å². The summed E-state index contributed by atoms with van der Waals surface area (Å²) in [6.07, 6.45) is 0. The molecule has 1 saturated heterocycles. The summed E-state index contributed by atoms with van der Waals surface area (Å²) in [4.78, 5) is 27.8. The van der Waals surface area contributed by atoms with E-state index in [1.807, 2.05) is 19.1 Å². The first-order chi connectivity index (χ1) is 15.5. The number of para-hydroxylation sites is 1. The molecule has 0 aliphatic carbocycles. The van der Waals surface area contributed by atoms with Gasteiger partial charge >= 0.3 is 0 Å². The number of aliphatic hydroxyl groups is 1. The number of ketones is 1. The van der Waals surface area contributed by atoms with Crippen molar-refractivity contribution in [2.75, 3.05) is 11.7 Å². The number of aromatic hydroxyl groups is 1. The molecule has 32 heavy (non-hydrogen) atoms. The number of amides is 1. The Labute approximate surface area is 183 Å². The second-order valence-corrected chi connectivity index (χ2v) is 7.62. The Morgan fingerprint density at radius 1 is 0.969 bits per heavy atom. The first kappa shape index (κ1) is 19.7. The minimum absolute atomic E-state index is 0.0391. The zero-order valence-corrected chi connectivity index (χ0v) is 17.1. The molecule has 0 spiro atoms. The van der Waals surface area contributed by atoms with Crippen LogP contribution in [-0.2, 0) is 9.59 Å². The van der Waals surface area contributed by atoms with Crippen molar-refractivity contribution in [2.24, 2.45) is 0 Å². The largest absolute Gasteiger partial charge is 0.508 e. The molecule has 7 nitrogen and oxygen atoms in total. The summed E-state index contributed by atoms with van der Waals surface area (Å²) < 4.78 is 10.7. The van der Waals surface area contributed by atoms with Gasteiger partial charge in [0.05, 0.1) is 11.6 Å². The fourth-order valence-electron chi connectivity index (χ4n) is 4.09. The molecule has 3 aromatic rings. The summed E-state index contributed by atoms with van der Waals surface area (Å²) in [5, 5.41) is 20.9. The minimum atomic E-state index is -0.873. The summed E-state index contributed by atoms with van der Waals surface area (Å²) in [6, 6.07) is 17.4. The first-order valence-electron chi connectivity index (χ1n) is 10.0. The van der Waals surface area contributed by atoms with Crippen molar-refractivity contribution in [3.05, 3.63) is 89.0 Å². The third-order valence-electron chi connectivity index (χ3n) is 5.67. The van der Waals surface area contributed by atoms with Gasteiger partial charge < -0.3 is 19.7 Å². The normalized spacial score (nSPS) is 18.9. The van der Waals surface area contributed by atoms with E-state index < -0.39 is 17.7 Å². The molecular formula is C25H19NO6. The number of fused-ring (bicyclic) bond motifs is 1. The Kier molecular flexibility index (Phi) is 4.59. The summed E-state index contributed by atoms with van der Waals surface area (Å²) in [5.41, 5.74) is 2.25. The predicted octanol–water partition coefficient (Wildman–Crippen LogP) is 4.06. The van der Waals surface area contributed by atoms with Gasteiger partial charge in [0.1, 0.15) is 11.5 Å². The Morgan fingerprint density at radius 3 is 2.44 bits per heavy atom. The van der Waals surface area contributed by atoms with Gasteiger partial charge in [-0.3, -0.25) is 14.5 Å². The molecule has 3 aromatic carbocycles. The fraction of sp³-hybridized carbons (Fsp3) is 0.120. The van der Waals surface area contributed by atoms with E-state index in [0.717, 1.165) is 5.56 Å². The van der Waals surface area contributed by atoms with Gasteiger partial charge in [-0.25, -0.2) is 0 Å². The number of aryl methyl sites for hydroxylation is 1. The highest BCUT2D eigenvalue weighted by Crippen LogP contribution is 2.44. The van der Waals surface area contributed by atoms with E-state index in [0.29, 0.717) is 28.3 Å². The number of benzene rings is 3. The van der Waals surface area contributed by atoms with E-state index in [2.05, 4.69) is 0 Å². The molecule has 5 rings (SSSR count). The van der Waals surface area contributed by atoms with Gasteiger partial charge in [-0.1, -0.05) is 30.3 Å². The maximum atomic E-state index is 13.2. The molecule has 0 radical (unpaired) electrons. The van der Waals surface area contributed by atoms with Gasteiger partial charge in [-0.2, -0.15) is 0 Å². The standard InChI is InChI=1S/C25H19NO6/c1-14-4-2-3-5-18(14)26-22(15-6-9-17(27)10-7-15)21(24(29)25(26)30)23(28)16-8-11-19-20(12-16)32-13-31-19/h2-12,22,27-28H,13H2,1H3/b23-21-. The molecule has 0 saturated carbocycles. The van der Waals surface area contributed by atoms with Crippen LogP contribution >= 0.6 is 0 Å². The van der Waals surface area contributed by atoms with E-state index in [4.69, 9.17) is 9.47 Å². The number of hydrogen-bond donors (Lipinski definition) is 2. The van der Waals surface area contributed by atoms with Crippen LogP contribution < -0.4 is 14.4 Å². The van der Waals surface area contributed by atoms with Gasteiger partial charge in [0.2, 0.25) is 6.79 Å². The van der Waals surface area contributed by atoms with Crippen LogP contribution in [0.1, 0.15) is 22.7 Å². The molecule has 1 amide bonds. The van der Waals surface area contributed by atoms with Crippen molar-refractivity contribution in [2.45, 2.75) is 13.0 Å². The number of Topliss-reactive ketones (excluding diaryl/α,β-unsaturated/α-hetero) is 1. The van der Waals surface area contributed by atoms with Crippen LogP contribution in [-0.4, -0.2) is 28.7 Å². The van der Waals surface area contributed by atoms with E-state index >= 15 is 0 Å². The smallest absolute Gasteiger partial charge is 0.300 e. The van der Waals surface area contributed by atoms with Crippen molar-refractivity contribution in [1.29, 1.82) is 0 Å². The number of hydrogen-bond acceptors (Lipinski definition) is 6. The number of nitrogens with zero attached hydrogens (tertiary/aromatic N) is 1. The third kappa shape index (κ3) is 3.06. The van der Waals surface area contributed by atoms with E-state index in [-0.39, 0.29) is 23.9 Å². The number of carbonyl (C=O) groups is 2. The van der Waals surface area contributed by atoms with E-state index in [1.165, 1.54) is 17.0 Å². The van der Waals surface area contributed by atoms with Crippen LogP contribution in [0.4, 0.5) is 5.69 Å². The van der Waals surface area contributed by atoms with Crippen molar-refractivity contribution < 1.29 is 29.3 Å². The molecule has 1 atom stereocenters. The molecule has 0 aromatic heterocycles. The van der Waals surface area contributed by atoms with Gasteiger partial charge in [-0.15, -0.1) is 0 Å². The highest BCUT2D eigenvalue weighted by Gasteiger charge is 2.47. The molecule has 1 unspecified atom stereocenters. The van der Waals surface area contributed by atoms with Crippen LogP contribution in [0.25, 0.3) is 5.76 Å². The minimum Gasteiger partial charge on any atom is -0.508 e. The molecule has 7 heteroatoms. The first-order valence-corrected chi connectivity index (χ1v) is 10.0. The lowest BCUT2D eigenvalue weighted by molar-refractivity contribution is -0.132. The number of phenolic OH excluding ortho intramolecular Hbond substituents is 1. The predicted molar refractivity (Wildman–Crippen MR) is 117 cm³/mol. The van der Waals surface area contributed by atoms with Crippen molar-refractivity contribution in [3.8, 4) is 17.2 Å². The van der Waals surface area contributed by atoms with Crippen LogP contribution in [0.15, 0.2) is 72.3 Å². The molecule has 0 bridgehead atoms. The number of ether oxygens (including phenoxy) is 2. The number of anilines is 1. The average molecular weight is 429 g/mol. The molecule has 160 valence electrons. The van der Waals surface area contributed by atoms with Crippen LogP contribution in [0.3, 0.4) is 0 Å². The second kappa shape index (κ2) is 7.46. The SMILES string of the molecule is Cc1ccccc1N1C(=O)C(=O)/C(=C(\O)c2ccc3c(c2)OCO3)C1c1ccc(O)cc1. The number of carbonyl (C=O) groups excluding carboxylic acids is 2. The maximum absolute atomic E-state index is 13.2. The lowest BCUT2D eigenvalue weighted by atomic mass is 9.94. The lowest BCUT2D eigenvalue weighted by Gasteiger charge is -2.26. The van der Waals surface area contributed by atoms with Crippen molar-refractivity contribution >= 4 is 23.1 Å². The molecular weight excluding hydrogens is 410 g/mol. The topological polar surface area (TPSA) is 96.3 Å². The number of phenols is 1.